The number of hydrogen-bond acceptors (Lipinski definition) is 3. The molecule has 0 saturated heterocycles. The average molecular weight is 297 g/mol. The third-order valence-electron chi connectivity index (χ3n) is 2.99. The Hall–Kier alpha value is -1.88. The molecule has 0 bridgehead atoms. The third kappa shape index (κ3) is 3.36. The molecule has 20 heavy (non-hydrogen) atoms. The Balaban J connectivity index is 1.98. The Bertz CT molecular complexity index is 621. The number of nitrogens with one attached hydrogen (secondary N) is 1. The van der Waals surface area contributed by atoms with Crippen molar-refractivity contribution in [3.05, 3.63) is 46.1 Å². The van der Waals surface area contributed by atoms with Gasteiger partial charge in [0.15, 0.2) is 0 Å². The maximum absolute atomic E-state index is 13.5. The molecule has 1 N–H and O–H groups in total. The summed E-state index contributed by atoms with van der Waals surface area (Å²) >= 11 is 5.76. The fourth-order valence-electron chi connectivity index (χ4n) is 1.90. The van der Waals surface area contributed by atoms with Crippen LogP contribution >= 0.6 is 11.6 Å². The first kappa shape index (κ1) is 14.5. The van der Waals surface area contributed by atoms with Gasteiger partial charge in [0.25, 0.3) is 0 Å². The van der Waals surface area contributed by atoms with Crippen molar-refractivity contribution in [3.63, 3.8) is 0 Å². The molecule has 1 aromatic carbocycles. The second-order valence-corrected chi connectivity index (χ2v) is 4.91. The lowest BCUT2D eigenvalue weighted by Gasteiger charge is -2.06. The van der Waals surface area contributed by atoms with E-state index in [0.29, 0.717) is 17.2 Å². The van der Waals surface area contributed by atoms with E-state index < -0.39 is 5.82 Å². The van der Waals surface area contributed by atoms with E-state index in [1.165, 1.54) is 18.2 Å². The maximum Gasteiger partial charge on any atom is 0.224 e. The number of aromatic nitrogens is 1. The highest BCUT2D eigenvalue weighted by molar-refractivity contribution is 6.30. The summed E-state index contributed by atoms with van der Waals surface area (Å²) in [6.07, 6.45) is 0.712. The van der Waals surface area contributed by atoms with Crippen LogP contribution in [0.2, 0.25) is 5.02 Å². The quantitative estimate of drug-likeness (QED) is 0.937. The number of aryl methyl sites for hydroxylation is 2. The smallest absolute Gasteiger partial charge is 0.224 e. The highest BCUT2D eigenvalue weighted by atomic mass is 35.5. The summed E-state index contributed by atoms with van der Waals surface area (Å²) in [5.74, 6) is -0.101. The summed E-state index contributed by atoms with van der Waals surface area (Å²) < 4.78 is 18.5. The van der Waals surface area contributed by atoms with Crippen molar-refractivity contribution in [3.8, 4) is 0 Å². The number of hydrogen-bond donors (Lipinski definition) is 1. The zero-order valence-electron chi connectivity index (χ0n) is 11.2. The Morgan fingerprint density at radius 2 is 2.20 bits per heavy atom. The van der Waals surface area contributed by atoms with Crippen LogP contribution in [0.1, 0.15) is 23.4 Å². The highest BCUT2D eigenvalue weighted by Crippen LogP contribution is 2.20. The predicted molar refractivity (Wildman–Crippen MR) is 74.3 cm³/mol. The van der Waals surface area contributed by atoms with Crippen molar-refractivity contribution < 1.29 is 13.7 Å². The Labute approximate surface area is 120 Å². The molecule has 0 spiro atoms. The second kappa shape index (κ2) is 6.05. The standard InChI is InChI=1S/C14H14ClFN2O2/c1-8-11(9(2)20-18-8)4-6-14(19)17-13-7-10(15)3-5-12(13)16/h3,5,7H,4,6H2,1-2H3,(H,17,19). The fraction of sp³-hybridized carbons (Fsp3) is 0.286. The molecule has 0 unspecified atom stereocenters. The predicted octanol–water partition coefficient (Wildman–Crippen LogP) is 3.66. The van der Waals surface area contributed by atoms with Gasteiger partial charge in [0, 0.05) is 17.0 Å². The van der Waals surface area contributed by atoms with E-state index in [4.69, 9.17) is 16.1 Å². The van der Waals surface area contributed by atoms with Crippen LogP contribution in [0.3, 0.4) is 0 Å². The van der Waals surface area contributed by atoms with Gasteiger partial charge in [-0.3, -0.25) is 4.79 Å². The van der Waals surface area contributed by atoms with Crippen molar-refractivity contribution in [1.29, 1.82) is 0 Å². The molecule has 1 amide bonds. The molecule has 0 aliphatic carbocycles. The van der Waals surface area contributed by atoms with E-state index in [2.05, 4.69) is 10.5 Å². The molecule has 0 radical (unpaired) electrons. The van der Waals surface area contributed by atoms with Gasteiger partial charge in [0.1, 0.15) is 11.6 Å². The first-order valence-corrected chi connectivity index (χ1v) is 6.52. The first-order chi connectivity index (χ1) is 9.47. The summed E-state index contributed by atoms with van der Waals surface area (Å²) in [7, 11) is 0. The lowest BCUT2D eigenvalue weighted by molar-refractivity contribution is -0.116. The van der Waals surface area contributed by atoms with E-state index in [1.807, 2.05) is 6.92 Å². The van der Waals surface area contributed by atoms with Crippen LogP contribution in [-0.2, 0) is 11.2 Å². The molecule has 6 heteroatoms. The van der Waals surface area contributed by atoms with Crippen molar-refractivity contribution >= 4 is 23.2 Å². The Morgan fingerprint density at radius 3 is 2.85 bits per heavy atom. The summed E-state index contributed by atoms with van der Waals surface area (Å²) in [4.78, 5) is 11.8. The van der Waals surface area contributed by atoms with Gasteiger partial charge in [-0.25, -0.2) is 4.39 Å². The van der Waals surface area contributed by atoms with Gasteiger partial charge in [-0.05, 0) is 38.5 Å². The molecular weight excluding hydrogens is 283 g/mol. The molecule has 1 aromatic heterocycles. The van der Waals surface area contributed by atoms with Crippen molar-refractivity contribution in [2.45, 2.75) is 26.7 Å². The Morgan fingerprint density at radius 1 is 1.45 bits per heavy atom. The molecule has 0 saturated carbocycles. The monoisotopic (exact) mass is 296 g/mol. The zero-order chi connectivity index (χ0) is 14.7. The number of carbonyl (C=O) groups excluding carboxylic acids is 1. The molecule has 106 valence electrons. The summed E-state index contributed by atoms with van der Waals surface area (Å²) in [6, 6.07) is 4.02. The van der Waals surface area contributed by atoms with E-state index in [-0.39, 0.29) is 18.0 Å². The van der Waals surface area contributed by atoms with Gasteiger partial charge < -0.3 is 9.84 Å². The summed E-state index contributed by atoms with van der Waals surface area (Å²) in [6.45, 7) is 3.62. The van der Waals surface area contributed by atoms with Gasteiger partial charge in [-0.15, -0.1) is 0 Å². The number of nitrogens with zero attached hydrogens (tertiary/aromatic N) is 1. The summed E-state index contributed by atoms with van der Waals surface area (Å²) in [5.41, 5.74) is 1.76. The molecule has 0 atom stereocenters. The molecule has 0 aliphatic heterocycles. The number of anilines is 1. The van der Waals surface area contributed by atoms with E-state index in [9.17, 15) is 9.18 Å². The van der Waals surface area contributed by atoms with Gasteiger partial charge in [0.2, 0.25) is 5.91 Å². The van der Waals surface area contributed by atoms with Crippen LogP contribution < -0.4 is 5.32 Å². The molecule has 2 rings (SSSR count). The fourth-order valence-corrected chi connectivity index (χ4v) is 2.08. The topological polar surface area (TPSA) is 55.1 Å². The third-order valence-corrected chi connectivity index (χ3v) is 3.22. The van der Waals surface area contributed by atoms with E-state index in [0.717, 1.165) is 11.3 Å². The lowest BCUT2D eigenvalue weighted by Crippen LogP contribution is -2.13. The first-order valence-electron chi connectivity index (χ1n) is 6.14. The number of carbonyl (C=O) groups is 1. The van der Waals surface area contributed by atoms with Gasteiger partial charge in [0.05, 0.1) is 11.4 Å². The van der Waals surface area contributed by atoms with Gasteiger partial charge in [-0.1, -0.05) is 16.8 Å². The van der Waals surface area contributed by atoms with Crippen LogP contribution in [0.4, 0.5) is 10.1 Å². The minimum absolute atomic E-state index is 0.0845. The van der Waals surface area contributed by atoms with Crippen LogP contribution in [-0.4, -0.2) is 11.1 Å². The molecule has 2 aromatic rings. The van der Waals surface area contributed by atoms with Crippen molar-refractivity contribution in [1.82, 2.24) is 5.16 Å². The molecule has 4 nitrogen and oxygen atoms in total. The lowest BCUT2D eigenvalue weighted by atomic mass is 10.1. The van der Waals surface area contributed by atoms with Crippen molar-refractivity contribution in [2.75, 3.05) is 5.32 Å². The zero-order valence-corrected chi connectivity index (χ0v) is 11.9. The average Bonchev–Trinajstić information content (AvgIpc) is 2.71. The maximum atomic E-state index is 13.5. The van der Waals surface area contributed by atoms with E-state index in [1.54, 1.807) is 6.92 Å². The van der Waals surface area contributed by atoms with Gasteiger partial charge >= 0.3 is 0 Å². The summed E-state index contributed by atoms with van der Waals surface area (Å²) in [5, 5.41) is 6.69. The van der Waals surface area contributed by atoms with Crippen molar-refractivity contribution in [2.24, 2.45) is 0 Å². The normalized spacial score (nSPS) is 10.6. The number of rotatable bonds is 4. The molecule has 0 aliphatic rings. The largest absolute Gasteiger partial charge is 0.361 e. The van der Waals surface area contributed by atoms with Crippen LogP contribution in [0.5, 0.6) is 0 Å². The second-order valence-electron chi connectivity index (χ2n) is 4.48. The Kier molecular flexibility index (Phi) is 4.39. The minimum Gasteiger partial charge on any atom is -0.361 e. The van der Waals surface area contributed by atoms with Gasteiger partial charge in [-0.2, -0.15) is 0 Å². The molecular formula is C14H14ClFN2O2. The molecule has 0 fully saturated rings. The number of halogens is 2. The van der Waals surface area contributed by atoms with Crippen LogP contribution in [0, 0.1) is 19.7 Å². The van der Waals surface area contributed by atoms with E-state index >= 15 is 0 Å². The SMILES string of the molecule is Cc1noc(C)c1CCC(=O)Nc1cc(Cl)ccc1F. The highest BCUT2D eigenvalue weighted by Gasteiger charge is 2.12. The van der Waals surface area contributed by atoms with Crippen LogP contribution in [0.15, 0.2) is 22.7 Å². The minimum atomic E-state index is -0.514. The number of amides is 1. The number of benzene rings is 1. The van der Waals surface area contributed by atoms with Crippen LogP contribution in [0.25, 0.3) is 0 Å². The molecule has 1 heterocycles.